The van der Waals surface area contributed by atoms with E-state index in [4.69, 9.17) is 9.47 Å². The number of rotatable bonds is 5. The number of hydrogen-bond donors (Lipinski definition) is 0. The van der Waals surface area contributed by atoms with Gasteiger partial charge in [0.15, 0.2) is 16.5 Å². The molecular weight excluding hydrogens is 356 g/mol. The van der Waals surface area contributed by atoms with E-state index < -0.39 is 0 Å². The van der Waals surface area contributed by atoms with Gasteiger partial charge in [0.05, 0.1) is 19.9 Å². The summed E-state index contributed by atoms with van der Waals surface area (Å²) >= 11 is 1.40. The van der Waals surface area contributed by atoms with Gasteiger partial charge in [-0.05, 0) is 23.4 Å². The molecule has 0 aliphatic heterocycles. The molecule has 4 rings (SSSR count). The second kappa shape index (κ2) is 6.56. The Morgan fingerprint density at radius 2 is 2.00 bits per heavy atom. The first-order valence-electron chi connectivity index (χ1n) is 7.64. The lowest BCUT2D eigenvalue weighted by molar-refractivity contribution is 0.355. The van der Waals surface area contributed by atoms with Gasteiger partial charge in [0, 0.05) is 23.2 Å². The maximum Gasteiger partial charge on any atom is 0.258 e. The van der Waals surface area contributed by atoms with Gasteiger partial charge in [-0.3, -0.25) is 9.20 Å². The second-order valence-corrected chi connectivity index (χ2v) is 6.23. The summed E-state index contributed by atoms with van der Waals surface area (Å²) in [6.07, 6.45) is 1.70. The van der Waals surface area contributed by atoms with Gasteiger partial charge in [-0.25, -0.2) is 4.98 Å². The van der Waals surface area contributed by atoms with E-state index in [1.165, 1.54) is 26.6 Å². The van der Waals surface area contributed by atoms with Crippen molar-refractivity contribution in [2.45, 2.75) is 6.54 Å². The molecule has 0 amide bonds. The minimum Gasteiger partial charge on any atom is -0.493 e. The van der Waals surface area contributed by atoms with Crippen molar-refractivity contribution in [3.63, 3.8) is 0 Å². The summed E-state index contributed by atoms with van der Waals surface area (Å²) in [5.74, 6) is 1.65. The van der Waals surface area contributed by atoms with Crippen molar-refractivity contribution in [3.05, 3.63) is 51.9 Å². The minimum absolute atomic E-state index is 0.133. The number of fused-ring (bicyclic) bond motifs is 1. The van der Waals surface area contributed by atoms with Gasteiger partial charge in [-0.15, -0.1) is 21.5 Å². The maximum absolute atomic E-state index is 12.0. The van der Waals surface area contributed by atoms with Crippen LogP contribution in [0.5, 0.6) is 11.5 Å². The van der Waals surface area contributed by atoms with Gasteiger partial charge in [0.1, 0.15) is 6.54 Å². The fourth-order valence-electron chi connectivity index (χ4n) is 2.51. The molecule has 0 N–H and O–H groups in total. The zero-order valence-electron chi connectivity index (χ0n) is 14.0. The second-order valence-electron chi connectivity index (χ2n) is 5.35. The number of ether oxygens (including phenoxy) is 2. The molecule has 132 valence electrons. The highest BCUT2D eigenvalue weighted by molar-refractivity contribution is 7.15. The average Bonchev–Trinajstić information content (AvgIpc) is 3.31. The SMILES string of the molecule is COc1ccc(-c2nnn(Cc3cc(=O)n4ccsc4n3)n2)cc1OC. The van der Waals surface area contributed by atoms with Gasteiger partial charge in [-0.1, -0.05) is 0 Å². The molecule has 3 heterocycles. The largest absolute Gasteiger partial charge is 0.493 e. The molecule has 9 nitrogen and oxygen atoms in total. The predicted octanol–water partition coefficient (Wildman–Crippen LogP) is 1.47. The molecule has 0 fully saturated rings. The molecule has 0 saturated heterocycles. The number of tetrazole rings is 1. The molecule has 26 heavy (non-hydrogen) atoms. The molecule has 4 aromatic rings. The first kappa shape index (κ1) is 16.2. The van der Waals surface area contributed by atoms with Gasteiger partial charge in [0.25, 0.3) is 5.56 Å². The smallest absolute Gasteiger partial charge is 0.258 e. The van der Waals surface area contributed by atoms with E-state index in [0.29, 0.717) is 28.0 Å². The van der Waals surface area contributed by atoms with E-state index in [0.717, 1.165) is 5.56 Å². The summed E-state index contributed by atoms with van der Waals surface area (Å²) in [7, 11) is 3.14. The van der Waals surface area contributed by atoms with Crippen LogP contribution >= 0.6 is 11.3 Å². The third-order valence-electron chi connectivity index (χ3n) is 3.75. The summed E-state index contributed by atoms with van der Waals surface area (Å²) in [5, 5.41) is 14.3. The molecule has 0 saturated carbocycles. The van der Waals surface area contributed by atoms with E-state index in [9.17, 15) is 4.79 Å². The lowest BCUT2D eigenvalue weighted by atomic mass is 10.2. The Balaban J connectivity index is 1.62. The Hall–Kier alpha value is -3.27. The van der Waals surface area contributed by atoms with Crippen molar-refractivity contribution >= 4 is 16.3 Å². The van der Waals surface area contributed by atoms with E-state index in [1.807, 2.05) is 11.4 Å². The number of hydrogen-bond acceptors (Lipinski definition) is 8. The van der Waals surface area contributed by atoms with Crippen LogP contribution < -0.4 is 15.0 Å². The highest BCUT2D eigenvalue weighted by atomic mass is 32.1. The summed E-state index contributed by atoms with van der Waals surface area (Å²) in [6.45, 7) is 0.254. The van der Waals surface area contributed by atoms with E-state index in [2.05, 4.69) is 20.4 Å². The average molecular weight is 370 g/mol. The Kier molecular flexibility index (Phi) is 4.09. The molecular formula is C16H14N6O3S. The molecule has 0 aliphatic carbocycles. The maximum atomic E-state index is 12.0. The van der Waals surface area contributed by atoms with Crippen molar-refractivity contribution in [1.29, 1.82) is 0 Å². The number of nitrogens with zero attached hydrogens (tertiary/aromatic N) is 6. The number of thiazole rings is 1. The van der Waals surface area contributed by atoms with E-state index in [1.54, 1.807) is 32.5 Å². The number of benzene rings is 1. The van der Waals surface area contributed by atoms with Crippen molar-refractivity contribution in [1.82, 2.24) is 29.6 Å². The molecule has 0 aliphatic rings. The fraction of sp³-hybridized carbons (Fsp3) is 0.188. The number of aromatic nitrogens is 6. The molecule has 0 atom stereocenters. The van der Waals surface area contributed by atoms with Crippen LogP contribution in [0.25, 0.3) is 16.3 Å². The Bertz CT molecular complexity index is 1130. The highest BCUT2D eigenvalue weighted by Gasteiger charge is 2.12. The van der Waals surface area contributed by atoms with Crippen molar-refractivity contribution in [3.8, 4) is 22.9 Å². The highest BCUT2D eigenvalue weighted by Crippen LogP contribution is 2.30. The molecule has 0 bridgehead atoms. The monoisotopic (exact) mass is 370 g/mol. The molecule has 0 unspecified atom stereocenters. The van der Waals surface area contributed by atoms with Crippen LogP contribution in [0.2, 0.25) is 0 Å². The van der Waals surface area contributed by atoms with Gasteiger partial charge < -0.3 is 9.47 Å². The van der Waals surface area contributed by atoms with Crippen LogP contribution in [0.3, 0.4) is 0 Å². The topological polar surface area (TPSA) is 96.4 Å². The summed E-state index contributed by atoms with van der Waals surface area (Å²) in [4.78, 5) is 18.5. The Morgan fingerprint density at radius 1 is 1.15 bits per heavy atom. The summed E-state index contributed by atoms with van der Waals surface area (Å²) in [6, 6.07) is 6.86. The van der Waals surface area contributed by atoms with Crippen LogP contribution in [0.4, 0.5) is 0 Å². The summed E-state index contributed by atoms with van der Waals surface area (Å²) < 4.78 is 12.0. The third-order valence-corrected chi connectivity index (χ3v) is 4.51. The third kappa shape index (κ3) is 2.90. The first-order valence-corrected chi connectivity index (χ1v) is 8.52. The molecule has 0 spiro atoms. The molecule has 1 aromatic carbocycles. The minimum atomic E-state index is -0.133. The zero-order chi connectivity index (χ0) is 18.1. The van der Waals surface area contributed by atoms with Crippen LogP contribution in [-0.2, 0) is 6.54 Å². The van der Waals surface area contributed by atoms with E-state index in [-0.39, 0.29) is 12.1 Å². The summed E-state index contributed by atoms with van der Waals surface area (Å²) in [5.41, 5.74) is 1.19. The molecule has 0 radical (unpaired) electrons. The first-order chi connectivity index (χ1) is 12.7. The van der Waals surface area contributed by atoms with E-state index >= 15 is 0 Å². The lowest BCUT2D eigenvalue weighted by Crippen LogP contribution is -2.15. The standard InChI is InChI=1S/C16H14N6O3S/c1-24-12-4-3-10(7-13(12)25-2)15-18-20-22(19-15)9-11-8-14(23)21-5-6-26-16(21)17-11/h3-8H,9H2,1-2H3. The van der Waals surface area contributed by atoms with Crippen LogP contribution in [0.1, 0.15) is 5.69 Å². The zero-order valence-corrected chi connectivity index (χ0v) is 14.8. The Morgan fingerprint density at radius 3 is 2.81 bits per heavy atom. The predicted molar refractivity (Wildman–Crippen MR) is 94.8 cm³/mol. The van der Waals surface area contributed by atoms with Gasteiger partial charge in [-0.2, -0.15) is 4.80 Å². The van der Waals surface area contributed by atoms with Crippen LogP contribution in [0, 0.1) is 0 Å². The normalized spacial score (nSPS) is 11.0. The molecule has 10 heteroatoms. The van der Waals surface area contributed by atoms with Gasteiger partial charge in [0.2, 0.25) is 5.82 Å². The van der Waals surface area contributed by atoms with Crippen LogP contribution in [-0.4, -0.2) is 43.8 Å². The van der Waals surface area contributed by atoms with Crippen molar-refractivity contribution in [2.75, 3.05) is 14.2 Å². The molecule has 3 aromatic heterocycles. The van der Waals surface area contributed by atoms with Gasteiger partial charge >= 0.3 is 0 Å². The number of methoxy groups -OCH3 is 2. The Labute approximate surface area is 151 Å². The van der Waals surface area contributed by atoms with Crippen molar-refractivity contribution in [2.24, 2.45) is 0 Å². The quantitative estimate of drug-likeness (QED) is 0.525. The lowest BCUT2D eigenvalue weighted by Gasteiger charge is -2.07. The fourth-order valence-corrected chi connectivity index (χ4v) is 3.25. The van der Waals surface area contributed by atoms with Crippen molar-refractivity contribution < 1.29 is 9.47 Å². The van der Waals surface area contributed by atoms with Crippen LogP contribution in [0.15, 0.2) is 40.6 Å².